The van der Waals surface area contributed by atoms with Crippen LogP contribution in [0.4, 0.5) is 4.79 Å². The third-order valence-corrected chi connectivity index (χ3v) is 8.11. The van der Waals surface area contributed by atoms with Crippen LogP contribution < -0.4 is 0 Å². The summed E-state index contributed by atoms with van der Waals surface area (Å²) in [4.78, 5) is 30.8. The molecule has 6 nitrogen and oxygen atoms in total. The zero-order valence-electron chi connectivity index (χ0n) is 21.6. The lowest BCUT2D eigenvalue weighted by Gasteiger charge is -2.37. The Kier molecular flexibility index (Phi) is 6.58. The van der Waals surface area contributed by atoms with Crippen molar-refractivity contribution >= 4 is 12.0 Å². The van der Waals surface area contributed by atoms with Crippen LogP contribution in [-0.2, 0) is 21.7 Å². The normalized spacial score (nSPS) is 25.2. The summed E-state index contributed by atoms with van der Waals surface area (Å²) >= 11 is 0. The van der Waals surface area contributed by atoms with Crippen molar-refractivity contribution in [3.8, 4) is 0 Å². The predicted octanol–water partition coefficient (Wildman–Crippen LogP) is 4.96. The summed E-state index contributed by atoms with van der Waals surface area (Å²) in [5.41, 5.74) is -0.316. The number of aliphatic hydroxyl groups is 1. The molecule has 3 aliphatic rings. The van der Waals surface area contributed by atoms with Crippen molar-refractivity contribution in [1.82, 2.24) is 9.80 Å². The molecule has 1 saturated heterocycles. The van der Waals surface area contributed by atoms with E-state index in [0.717, 1.165) is 31.2 Å². The van der Waals surface area contributed by atoms with E-state index in [-0.39, 0.29) is 35.8 Å². The van der Waals surface area contributed by atoms with Crippen molar-refractivity contribution in [3.05, 3.63) is 71.8 Å². The Morgan fingerprint density at radius 3 is 2.06 bits per heavy atom. The molecule has 5 rings (SSSR count). The number of ether oxygens (including phenoxy) is 1. The smallest absolute Gasteiger partial charge is 0.410 e. The van der Waals surface area contributed by atoms with Gasteiger partial charge in [-0.2, -0.15) is 0 Å². The summed E-state index contributed by atoms with van der Waals surface area (Å²) in [5.74, 6) is 0.164. The molecule has 3 fully saturated rings. The van der Waals surface area contributed by atoms with Gasteiger partial charge in [0, 0.05) is 43.4 Å². The molecule has 2 saturated carbocycles. The van der Waals surface area contributed by atoms with E-state index in [2.05, 4.69) is 0 Å². The zero-order valence-corrected chi connectivity index (χ0v) is 21.6. The number of rotatable bonds is 6. The highest BCUT2D eigenvalue weighted by atomic mass is 16.6. The number of carbonyl (C=O) groups excluding carboxylic acids is 2. The number of fused-ring (bicyclic) bond motifs is 1. The van der Waals surface area contributed by atoms with Gasteiger partial charge in [-0.25, -0.2) is 4.79 Å². The molecule has 2 aromatic rings. The van der Waals surface area contributed by atoms with Crippen molar-refractivity contribution in [2.75, 3.05) is 13.1 Å². The number of amides is 2. The van der Waals surface area contributed by atoms with Crippen LogP contribution >= 0.6 is 0 Å². The molecule has 2 aromatic carbocycles. The standard InChI is InChI=1S/C30H38N2O4/c1-29(2,3)36-28(34)32(18-21-12-6-4-7-13-21)26-24-19-31(20-25(24)26)27(33)30(35,23-16-10-11-17-23)22-14-8-5-9-15-22/h4-9,12-15,23-26,35H,10-11,16-20H2,1-3H3. The number of piperidine rings is 1. The van der Waals surface area contributed by atoms with Crippen LogP contribution in [0, 0.1) is 17.8 Å². The fourth-order valence-corrected chi connectivity index (χ4v) is 6.33. The number of hydrogen-bond acceptors (Lipinski definition) is 4. The molecule has 1 N–H and O–H groups in total. The molecule has 2 amide bonds. The van der Waals surface area contributed by atoms with Crippen LogP contribution in [0.25, 0.3) is 0 Å². The maximum atomic E-state index is 13.9. The largest absolute Gasteiger partial charge is 0.444 e. The van der Waals surface area contributed by atoms with Gasteiger partial charge >= 0.3 is 6.09 Å². The van der Waals surface area contributed by atoms with E-state index in [1.165, 1.54) is 0 Å². The average Bonchev–Trinajstić information content (AvgIpc) is 3.25. The predicted molar refractivity (Wildman–Crippen MR) is 138 cm³/mol. The van der Waals surface area contributed by atoms with Crippen molar-refractivity contribution in [1.29, 1.82) is 0 Å². The van der Waals surface area contributed by atoms with Crippen LogP contribution in [0.5, 0.6) is 0 Å². The summed E-state index contributed by atoms with van der Waals surface area (Å²) in [6.07, 6.45) is 3.51. The molecule has 6 heteroatoms. The Morgan fingerprint density at radius 2 is 1.50 bits per heavy atom. The van der Waals surface area contributed by atoms with E-state index in [1.54, 1.807) is 0 Å². The van der Waals surface area contributed by atoms with E-state index in [9.17, 15) is 14.7 Å². The minimum Gasteiger partial charge on any atom is -0.444 e. The Balaban J connectivity index is 1.32. The van der Waals surface area contributed by atoms with Crippen LogP contribution in [0.1, 0.15) is 57.6 Å². The van der Waals surface area contributed by atoms with Crippen molar-refractivity contribution < 1.29 is 19.4 Å². The van der Waals surface area contributed by atoms with Crippen LogP contribution in [0.3, 0.4) is 0 Å². The first-order chi connectivity index (χ1) is 17.2. The minimum atomic E-state index is -1.49. The fraction of sp³-hybridized carbons (Fsp3) is 0.533. The van der Waals surface area contributed by atoms with Gasteiger partial charge in [-0.15, -0.1) is 0 Å². The number of likely N-dealkylation sites (tertiary alicyclic amines) is 1. The molecule has 0 bridgehead atoms. The highest BCUT2D eigenvalue weighted by Gasteiger charge is 2.62. The summed E-state index contributed by atoms with van der Waals surface area (Å²) in [5, 5.41) is 11.9. The minimum absolute atomic E-state index is 0.0420. The van der Waals surface area contributed by atoms with Gasteiger partial charge in [-0.05, 0) is 44.7 Å². The maximum absolute atomic E-state index is 13.9. The lowest BCUT2D eigenvalue weighted by atomic mass is 9.79. The van der Waals surface area contributed by atoms with Crippen molar-refractivity contribution in [2.24, 2.45) is 17.8 Å². The first kappa shape index (κ1) is 24.8. The van der Waals surface area contributed by atoms with E-state index >= 15 is 0 Å². The Bertz CT molecular complexity index is 1070. The molecular formula is C30H38N2O4. The topological polar surface area (TPSA) is 70.1 Å². The second kappa shape index (κ2) is 9.55. The molecule has 0 radical (unpaired) electrons. The molecule has 1 aliphatic heterocycles. The number of carbonyl (C=O) groups is 2. The SMILES string of the molecule is CC(C)(C)OC(=O)N(Cc1ccccc1)C1C2CN(C(=O)C(O)(c3ccccc3)C3CCCC3)CC21. The quantitative estimate of drug-likeness (QED) is 0.622. The Hall–Kier alpha value is -2.86. The van der Waals surface area contributed by atoms with Crippen LogP contribution in [-0.4, -0.2) is 51.6 Å². The summed E-state index contributed by atoms with van der Waals surface area (Å²) in [7, 11) is 0. The van der Waals surface area contributed by atoms with E-state index in [1.807, 2.05) is 91.2 Å². The number of benzene rings is 2. The molecular weight excluding hydrogens is 452 g/mol. The molecule has 0 spiro atoms. The highest BCUT2D eigenvalue weighted by molar-refractivity contribution is 5.87. The Labute approximate surface area is 214 Å². The van der Waals surface area contributed by atoms with Crippen LogP contribution in [0.15, 0.2) is 60.7 Å². The van der Waals surface area contributed by atoms with Gasteiger partial charge < -0.3 is 19.6 Å². The van der Waals surface area contributed by atoms with Gasteiger partial charge in [0.25, 0.3) is 5.91 Å². The summed E-state index contributed by atoms with van der Waals surface area (Å²) in [6.45, 7) is 7.25. The first-order valence-electron chi connectivity index (χ1n) is 13.3. The highest BCUT2D eigenvalue weighted by Crippen LogP contribution is 2.51. The first-order valence-corrected chi connectivity index (χ1v) is 13.3. The zero-order chi connectivity index (χ0) is 25.5. The van der Waals surface area contributed by atoms with Gasteiger partial charge in [0.15, 0.2) is 5.60 Å². The van der Waals surface area contributed by atoms with Gasteiger partial charge in [-0.3, -0.25) is 4.79 Å². The lowest BCUT2D eigenvalue weighted by Crippen LogP contribution is -2.52. The lowest BCUT2D eigenvalue weighted by molar-refractivity contribution is -0.159. The molecule has 192 valence electrons. The number of hydrogen-bond donors (Lipinski definition) is 1. The Morgan fingerprint density at radius 1 is 0.944 bits per heavy atom. The van der Waals surface area contributed by atoms with Crippen molar-refractivity contribution in [3.63, 3.8) is 0 Å². The molecule has 3 atom stereocenters. The third kappa shape index (κ3) is 4.75. The van der Waals surface area contributed by atoms with Gasteiger partial charge in [0.05, 0.1) is 0 Å². The third-order valence-electron chi connectivity index (χ3n) is 8.11. The second-order valence-electron chi connectivity index (χ2n) is 11.7. The monoisotopic (exact) mass is 490 g/mol. The van der Waals surface area contributed by atoms with E-state index in [4.69, 9.17) is 4.74 Å². The van der Waals surface area contributed by atoms with E-state index in [0.29, 0.717) is 25.2 Å². The van der Waals surface area contributed by atoms with Gasteiger partial charge in [-0.1, -0.05) is 73.5 Å². The summed E-state index contributed by atoms with van der Waals surface area (Å²) in [6, 6.07) is 19.4. The molecule has 1 heterocycles. The maximum Gasteiger partial charge on any atom is 0.410 e. The molecule has 36 heavy (non-hydrogen) atoms. The second-order valence-corrected chi connectivity index (χ2v) is 11.7. The molecule has 3 unspecified atom stereocenters. The van der Waals surface area contributed by atoms with Gasteiger partial charge in [0.1, 0.15) is 5.60 Å². The molecule has 2 aliphatic carbocycles. The van der Waals surface area contributed by atoms with Crippen LogP contribution in [0.2, 0.25) is 0 Å². The van der Waals surface area contributed by atoms with Gasteiger partial charge in [0.2, 0.25) is 0 Å². The molecule has 0 aromatic heterocycles. The van der Waals surface area contributed by atoms with Crippen molar-refractivity contribution in [2.45, 2.75) is 70.2 Å². The average molecular weight is 491 g/mol. The fourth-order valence-electron chi connectivity index (χ4n) is 6.33. The van der Waals surface area contributed by atoms with E-state index < -0.39 is 11.2 Å². The number of nitrogens with zero attached hydrogens (tertiary/aromatic N) is 2. The summed E-state index contributed by atoms with van der Waals surface area (Å²) < 4.78 is 5.76.